The van der Waals surface area contributed by atoms with Gasteiger partial charge in [0.25, 0.3) is 5.56 Å². The largest absolute Gasteiger partial charge is 0.282 e. The average molecular weight is 398 g/mol. The Balaban J connectivity index is 2.15. The molecular weight excluding hydrogens is 378 g/mol. The molecule has 3 rings (SSSR count). The summed E-state index contributed by atoms with van der Waals surface area (Å²) >= 11 is 3.42. The summed E-state index contributed by atoms with van der Waals surface area (Å²) in [5.74, 6) is 0.700. The molecule has 0 atom stereocenters. The van der Waals surface area contributed by atoms with Gasteiger partial charge >= 0.3 is 0 Å². The number of fused-ring (bicyclic) bond motifs is 1. The summed E-state index contributed by atoms with van der Waals surface area (Å²) in [4.78, 5) is 17.6. The highest BCUT2D eigenvalue weighted by Crippen LogP contribution is 2.16. The molecule has 0 N–H and O–H groups in total. The Bertz CT molecular complexity index is 992. The van der Waals surface area contributed by atoms with Crippen LogP contribution in [0.15, 0.2) is 56.8 Å². The Labute approximate surface area is 155 Å². The summed E-state index contributed by atoms with van der Waals surface area (Å²) in [6.45, 7) is 4.15. The number of halogens is 1. The summed E-state index contributed by atoms with van der Waals surface area (Å²) in [6.07, 6.45) is 4.46. The first-order valence-corrected chi connectivity index (χ1v) is 9.20. The van der Waals surface area contributed by atoms with Crippen LogP contribution in [0.2, 0.25) is 0 Å². The fourth-order valence-corrected chi connectivity index (χ4v) is 3.02. The summed E-state index contributed by atoms with van der Waals surface area (Å²) in [5.41, 5.74) is 2.68. The highest BCUT2D eigenvalue weighted by Gasteiger charge is 2.10. The summed E-state index contributed by atoms with van der Waals surface area (Å²) in [6, 6.07) is 13.5. The Morgan fingerprint density at radius 3 is 2.80 bits per heavy atom. The maximum atomic E-state index is 13.0. The van der Waals surface area contributed by atoms with Crippen LogP contribution in [0, 0.1) is 6.92 Å². The van der Waals surface area contributed by atoms with Crippen molar-refractivity contribution in [1.29, 1.82) is 0 Å². The molecule has 3 aromatic rings. The molecule has 5 heteroatoms. The van der Waals surface area contributed by atoms with Crippen LogP contribution in [0.5, 0.6) is 0 Å². The zero-order valence-electron chi connectivity index (χ0n) is 14.4. The van der Waals surface area contributed by atoms with Crippen molar-refractivity contribution in [3.8, 4) is 0 Å². The van der Waals surface area contributed by atoms with E-state index in [0.717, 1.165) is 34.9 Å². The second-order valence-corrected chi connectivity index (χ2v) is 6.93. The number of benzene rings is 2. The SMILES string of the molecule is CCCCc1nc2ccc(Br)cc2c(=O)n1N=Cc1ccccc1C. The van der Waals surface area contributed by atoms with Gasteiger partial charge in [0.15, 0.2) is 0 Å². The highest BCUT2D eigenvalue weighted by molar-refractivity contribution is 9.10. The lowest BCUT2D eigenvalue weighted by Crippen LogP contribution is -2.22. The fourth-order valence-electron chi connectivity index (χ4n) is 2.66. The number of unbranched alkanes of at least 4 members (excludes halogenated alkanes) is 1. The van der Waals surface area contributed by atoms with E-state index in [1.807, 2.05) is 43.3 Å². The molecule has 4 nitrogen and oxygen atoms in total. The lowest BCUT2D eigenvalue weighted by atomic mass is 10.1. The lowest BCUT2D eigenvalue weighted by molar-refractivity contribution is 0.675. The van der Waals surface area contributed by atoms with Gasteiger partial charge in [-0.3, -0.25) is 4.79 Å². The Morgan fingerprint density at radius 1 is 1.24 bits per heavy atom. The van der Waals surface area contributed by atoms with Gasteiger partial charge in [0.2, 0.25) is 0 Å². The van der Waals surface area contributed by atoms with Gasteiger partial charge in [0.05, 0.1) is 17.1 Å². The predicted octanol–water partition coefficient (Wildman–Crippen LogP) is 4.69. The van der Waals surface area contributed by atoms with Crippen LogP contribution in [0.25, 0.3) is 10.9 Å². The zero-order valence-corrected chi connectivity index (χ0v) is 16.0. The van der Waals surface area contributed by atoms with E-state index in [9.17, 15) is 4.79 Å². The molecule has 0 radical (unpaired) electrons. The van der Waals surface area contributed by atoms with Crippen molar-refractivity contribution < 1.29 is 0 Å². The molecule has 0 unspecified atom stereocenters. The molecule has 128 valence electrons. The number of aromatic nitrogens is 2. The standard InChI is InChI=1S/C20H20BrN3O/c1-3-4-9-19-23-18-11-10-16(21)12-17(18)20(25)24(19)22-13-15-8-6-5-7-14(15)2/h5-8,10-13H,3-4,9H2,1-2H3. The van der Waals surface area contributed by atoms with Crippen LogP contribution in [0.3, 0.4) is 0 Å². The second-order valence-electron chi connectivity index (χ2n) is 6.01. The Kier molecular flexibility index (Phi) is 5.43. The molecule has 2 aromatic carbocycles. The van der Waals surface area contributed by atoms with Crippen molar-refractivity contribution in [2.45, 2.75) is 33.1 Å². The van der Waals surface area contributed by atoms with Crippen LogP contribution in [0.4, 0.5) is 0 Å². The van der Waals surface area contributed by atoms with E-state index in [4.69, 9.17) is 0 Å². The van der Waals surface area contributed by atoms with E-state index >= 15 is 0 Å². The normalized spacial score (nSPS) is 11.5. The van der Waals surface area contributed by atoms with E-state index in [2.05, 4.69) is 32.9 Å². The molecule has 1 aromatic heterocycles. The van der Waals surface area contributed by atoms with Crippen molar-refractivity contribution in [1.82, 2.24) is 9.66 Å². The molecule has 0 bridgehead atoms. The first-order valence-electron chi connectivity index (χ1n) is 8.41. The third kappa shape index (κ3) is 3.87. The van der Waals surface area contributed by atoms with E-state index in [0.29, 0.717) is 16.7 Å². The first-order chi connectivity index (χ1) is 12.1. The predicted molar refractivity (Wildman–Crippen MR) is 106 cm³/mol. The summed E-state index contributed by atoms with van der Waals surface area (Å²) < 4.78 is 2.30. The van der Waals surface area contributed by atoms with Crippen molar-refractivity contribution in [2.24, 2.45) is 5.10 Å². The number of nitrogens with zero attached hydrogens (tertiary/aromatic N) is 3. The van der Waals surface area contributed by atoms with Crippen molar-refractivity contribution in [2.75, 3.05) is 0 Å². The molecule has 25 heavy (non-hydrogen) atoms. The van der Waals surface area contributed by atoms with Gasteiger partial charge in [0, 0.05) is 10.9 Å². The van der Waals surface area contributed by atoms with E-state index < -0.39 is 0 Å². The van der Waals surface area contributed by atoms with Gasteiger partial charge in [-0.15, -0.1) is 0 Å². The lowest BCUT2D eigenvalue weighted by Gasteiger charge is -2.09. The number of hydrogen-bond donors (Lipinski definition) is 0. The van der Waals surface area contributed by atoms with Crippen LogP contribution >= 0.6 is 15.9 Å². The molecule has 0 fully saturated rings. The maximum absolute atomic E-state index is 13.0. The van der Waals surface area contributed by atoms with Crippen molar-refractivity contribution in [3.63, 3.8) is 0 Å². The highest BCUT2D eigenvalue weighted by atomic mass is 79.9. The first kappa shape index (κ1) is 17.5. The molecule has 0 saturated carbocycles. The third-order valence-corrected chi connectivity index (χ3v) is 4.62. The zero-order chi connectivity index (χ0) is 17.8. The number of hydrogen-bond acceptors (Lipinski definition) is 3. The number of aryl methyl sites for hydroxylation is 2. The van der Waals surface area contributed by atoms with Gasteiger partial charge < -0.3 is 0 Å². The van der Waals surface area contributed by atoms with Gasteiger partial charge in [-0.1, -0.05) is 53.5 Å². The molecule has 0 aliphatic heterocycles. The monoisotopic (exact) mass is 397 g/mol. The van der Waals surface area contributed by atoms with E-state index in [1.165, 1.54) is 4.68 Å². The minimum Gasteiger partial charge on any atom is -0.267 e. The molecule has 0 amide bonds. The van der Waals surface area contributed by atoms with E-state index in [-0.39, 0.29) is 5.56 Å². The Hall–Kier alpha value is -2.27. The summed E-state index contributed by atoms with van der Waals surface area (Å²) in [5, 5.41) is 5.04. The molecule has 0 saturated heterocycles. The van der Waals surface area contributed by atoms with Crippen molar-refractivity contribution in [3.05, 3.63) is 74.2 Å². The maximum Gasteiger partial charge on any atom is 0.282 e. The molecule has 0 spiro atoms. The average Bonchev–Trinajstić information content (AvgIpc) is 2.61. The van der Waals surface area contributed by atoms with Crippen LogP contribution in [0.1, 0.15) is 36.7 Å². The summed E-state index contributed by atoms with van der Waals surface area (Å²) in [7, 11) is 0. The Morgan fingerprint density at radius 2 is 2.04 bits per heavy atom. The van der Waals surface area contributed by atoms with Crippen LogP contribution in [-0.4, -0.2) is 15.9 Å². The van der Waals surface area contributed by atoms with E-state index in [1.54, 1.807) is 12.3 Å². The minimum absolute atomic E-state index is 0.137. The fraction of sp³-hybridized carbons (Fsp3) is 0.250. The molecule has 1 heterocycles. The van der Waals surface area contributed by atoms with Gasteiger partial charge in [-0.2, -0.15) is 9.78 Å². The third-order valence-electron chi connectivity index (χ3n) is 4.13. The molecule has 0 aliphatic rings. The topological polar surface area (TPSA) is 47.2 Å². The van der Waals surface area contributed by atoms with Crippen LogP contribution in [-0.2, 0) is 6.42 Å². The van der Waals surface area contributed by atoms with Gasteiger partial charge in [-0.25, -0.2) is 4.98 Å². The van der Waals surface area contributed by atoms with Gasteiger partial charge in [0.1, 0.15) is 5.82 Å². The molecule has 0 aliphatic carbocycles. The quantitative estimate of drug-likeness (QED) is 0.586. The van der Waals surface area contributed by atoms with Gasteiger partial charge in [-0.05, 0) is 42.7 Å². The van der Waals surface area contributed by atoms with Crippen LogP contribution < -0.4 is 5.56 Å². The smallest absolute Gasteiger partial charge is 0.267 e. The van der Waals surface area contributed by atoms with Crippen molar-refractivity contribution >= 4 is 33.0 Å². The minimum atomic E-state index is -0.137. The molecular formula is C20H20BrN3O. The second kappa shape index (κ2) is 7.74. The number of rotatable bonds is 5.